The lowest BCUT2D eigenvalue weighted by Gasteiger charge is -2.14. The van der Waals surface area contributed by atoms with Crippen LogP contribution in [0.1, 0.15) is 24.3 Å². The van der Waals surface area contributed by atoms with Gasteiger partial charge in [-0.3, -0.25) is 0 Å². The first-order chi connectivity index (χ1) is 7.53. The quantitative estimate of drug-likeness (QED) is 0.742. The van der Waals surface area contributed by atoms with Crippen LogP contribution in [-0.2, 0) is 0 Å². The van der Waals surface area contributed by atoms with Crippen molar-refractivity contribution in [2.45, 2.75) is 24.7 Å². The van der Waals surface area contributed by atoms with Gasteiger partial charge in [0.15, 0.2) is 0 Å². The van der Waals surface area contributed by atoms with Gasteiger partial charge in [0.05, 0.1) is 6.54 Å². The number of aliphatic hydroxyl groups excluding tert-OH is 1. The molecule has 1 aromatic rings. The Morgan fingerprint density at radius 3 is 2.81 bits per heavy atom. The molecule has 90 valence electrons. The topological polar surface area (TPSA) is 71.2 Å². The van der Waals surface area contributed by atoms with Crippen LogP contribution in [0.4, 0.5) is 19.6 Å². The van der Waals surface area contributed by atoms with Crippen LogP contribution < -0.4 is 11.1 Å². The third-order valence-corrected chi connectivity index (χ3v) is 3.32. The Morgan fingerprint density at radius 2 is 2.25 bits per heavy atom. The second-order valence-electron chi connectivity index (χ2n) is 3.95. The average molecular weight is 249 g/mol. The average Bonchev–Trinajstić information content (AvgIpc) is 3.01. The Morgan fingerprint density at radius 1 is 1.56 bits per heavy atom. The highest BCUT2D eigenvalue weighted by Crippen LogP contribution is 2.47. The number of nitrogens with one attached hydrogen (secondary N) is 1. The van der Waals surface area contributed by atoms with Gasteiger partial charge in [-0.25, -0.2) is 8.78 Å². The van der Waals surface area contributed by atoms with E-state index in [1.807, 2.05) is 0 Å². The van der Waals surface area contributed by atoms with Gasteiger partial charge in [-0.1, -0.05) is 0 Å². The number of nitrogens with two attached hydrogens (primary N) is 1. The van der Waals surface area contributed by atoms with Gasteiger partial charge < -0.3 is 16.2 Å². The predicted octanol–water partition coefficient (Wildman–Crippen LogP) is 1.64. The zero-order chi connectivity index (χ0) is 11.8. The van der Waals surface area contributed by atoms with E-state index in [0.29, 0.717) is 16.7 Å². The number of nitrogen functional groups attached to an aromatic ring is 1. The number of halogens is 2. The Balaban J connectivity index is 2.04. The molecule has 0 atom stereocenters. The highest BCUT2D eigenvalue weighted by Gasteiger charge is 2.32. The van der Waals surface area contributed by atoms with Crippen molar-refractivity contribution in [2.75, 3.05) is 24.2 Å². The van der Waals surface area contributed by atoms with Gasteiger partial charge >= 0.3 is 0 Å². The molecule has 16 heavy (non-hydrogen) atoms. The third-order valence-electron chi connectivity index (χ3n) is 2.48. The van der Waals surface area contributed by atoms with Gasteiger partial charge in [-0.05, 0) is 30.3 Å². The summed E-state index contributed by atoms with van der Waals surface area (Å²) in [6.45, 7) is -1.75. The van der Waals surface area contributed by atoms with Crippen LogP contribution in [0.15, 0.2) is 0 Å². The minimum atomic E-state index is -3.11. The lowest BCUT2D eigenvalue weighted by molar-refractivity contribution is -0.0372. The number of hydrogen-bond donors (Lipinski definition) is 3. The number of anilines is 2. The first-order valence-electron chi connectivity index (χ1n) is 5.01. The summed E-state index contributed by atoms with van der Waals surface area (Å²) < 4.78 is 29.6. The number of hydrogen-bond acceptors (Lipinski definition) is 5. The molecule has 4 nitrogen and oxygen atoms in total. The van der Waals surface area contributed by atoms with Crippen LogP contribution in [0, 0.1) is 0 Å². The largest absolute Gasteiger partial charge is 0.390 e. The SMILES string of the molecule is Nc1nsc(NCC(F)(F)CO)c1C1CC1. The number of aromatic nitrogens is 1. The van der Waals surface area contributed by atoms with Crippen molar-refractivity contribution >= 4 is 22.4 Å². The summed E-state index contributed by atoms with van der Waals surface area (Å²) in [6, 6.07) is 0. The standard InChI is InChI=1S/C9H13F2N3OS/c10-9(11,4-15)3-13-8-6(5-1-2-5)7(12)14-16-8/h5,13,15H,1-4H2,(H2,12,14). The summed E-state index contributed by atoms with van der Waals surface area (Å²) >= 11 is 1.09. The Hall–Kier alpha value is -0.950. The smallest absolute Gasteiger partial charge is 0.287 e. The summed E-state index contributed by atoms with van der Waals surface area (Å²) in [5, 5.41) is 11.7. The predicted molar refractivity (Wildman–Crippen MR) is 59.0 cm³/mol. The molecular formula is C9H13F2N3OS. The van der Waals surface area contributed by atoms with E-state index < -0.39 is 19.1 Å². The van der Waals surface area contributed by atoms with Gasteiger partial charge in [0, 0.05) is 5.56 Å². The van der Waals surface area contributed by atoms with E-state index in [4.69, 9.17) is 10.8 Å². The Kier molecular flexibility index (Phi) is 2.98. The summed E-state index contributed by atoms with van der Waals surface area (Å²) in [7, 11) is 0. The van der Waals surface area contributed by atoms with Crippen molar-refractivity contribution in [3.8, 4) is 0 Å². The number of nitrogens with zero attached hydrogens (tertiary/aromatic N) is 1. The summed E-state index contributed by atoms with van der Waals surface area (Å²) in [6.07, 6.45) is 2.07. The molecule has 1 aliphatic rings. The fraction of sp³-hybridized carbons (Fsp3) is 0.667. The first-order valence-corrected chi connectivity index (χ1v) is 5.78. The van der Waals surface area contributed by atoms with Crippen molar-refractivity contribution in [2.24, 2.45) is 0 Å². The van der Waals surface area contributed by atoms with E-state index >= 15 is 0 Å². The molecule has 0 amide bonds. The molecule has 1 saturated carbocycles. The maximum absolute atomic E-state index is 12.8. The molecule has 0 spiro atoms. The molecule has 4 N–H and O–H groups in total. The first kappa shape index (κ1) is 11.5. The van der Waals surface area contributed by atoms with E-state index in [9.17, 15) is 8.78 Å². The van der Waals surface area contributed by atoms with Crippen LogP contribution in [-0.4, -0.2) is 28.6 Å². The Labute approximate surface area is 95.6 Å². The number of rotatable bonds is 5. The molecular weight excluding hydrogens is 236 g/mol. The van der Waals surface area contributed by atoms with Gasteiger partial charge in [0.25, 0.3) is 5.92 Å². The minimum Gasteiger partial charge on any atom is -0.390 e. The third kappa shape index (κ3) is 2.41. The molecule has 0 aromatic carbocycles. The molecule has 1 aromatic heterocycles. The van der Waals surface area contributed by atoms with E-state index in [2.05, 4.69) is 9.69 Å². The van der Waals surface area contributed by atoms with E-state index in [1.54, 1.807) is 0 Å². The van der Waals surface area contributed by atoms with Crippen LogP contribution in [0.25, 0.3) is 0 Å². The van der Waals surface area contributed by atoms with Crippen molar-refractivity contribution in [1.82, 2.24) is 4.37 Å². The van der Waals surface area contributed by atoms with Crippen molar-refractivity contribution in [3.05, 3.63) is 5.56 Å². The molecule has 2 rings (SSSR count). The summed E-state index contributed by atoms with van der Waals surface area (Å²) in [5.41, 5.74) is 6.54. The highest BCUT2D eigenvalue weighted by atomic mass is 32.1. The van der Waals surface area contributed by atoms with Crippen molar-refractivity contribution in [3.63, 3.8) is 0 Å². The zero-order valence-corrected chi connectivity index (χ0v) is 9.36. The maximum Gasteiger partial charge on any atom is 0.287 e. The van der Waals surface area contributed by atoms with Gasteiger partial charge in [-0.2, -0.15) is 4.37 Å². The van der Waals surface area contributed by atoms with Crippen LogP contribution >= 0.6 is 11.5 Å². The molecule has 1 aliphatic carbocycles. The maximum atomic E-state index is 12.8. The second-order valence-corrected chi connectivity index (χ2v) is 4.73. The van der Waals surface area contributed by atoms with Gasteiger partial charge in [0.2, 0.25) is 0 Å². The second kappa shape index (κ2) is 4.14. The molecule has 0 aliphatic heterocycles. The fourth-order valence-corrected chi connectivity index (χ4v) is 2.26. The molecule has 1 heterocycles. The van der Waals surface area contributed by atoms with Gasteiger partial charge in [-0.15, -0.1) is 0 Å². The molecule has 0 unspecified atom stereocenters. The lowest BCUT2D eigenvalue weighted by atomic mass is 10.2. The molecule has 0 bridgehead atoms. The van der Waals surface area contributed by atoms with E-state index in [-0.39, 0.29) is 0 Å². The molecule has 7 heteroatoms. The van der Waals surface area contributed by atoms with Crippen molar-refractivity contribution in [1.29, 1.82) is 0 Å². The Bertz CT molecular complexity index is 379. The monoisotopic (exact) mass is 249 g/mol. The van der Waals surface area contributed by atoms with Crippen LogP contribution in [0.2, 0.25) is 0 Å². The molecule has 0 radical (unpaired) electrons. The zero-order valence-electron chi connectivity index (χ0n) is 8.54. The van der Waals surface area contributed by atoms with Crippen LogP contribution in [0.5, 0.6) is 0 Å². The van der Waals surface area contributed by atoms with Crippen molar-refractivity contribution < 1.29 is 13.9 Å². The fourth-order valence-electron chi connectivity index (χ4n) is 1.47. The number of alkyl halides is 2. The minimum absolute atomic E-state index is 0.365. The summed E-state index contributed by atoms with van der Waals surface area (Å²) in [5.74, 6) is -2.31. The van der Waals surface area contributed by atoms with E-state index in [0.717, 1.165) is 29.9 Å². The molecule has 1 fully saturated rings. The highest BCUT2D eigenvalue weighted by molar-refractivity contribution is 7.10. The van der Waals surface area contributed by atoms with Gasteiger partial charge in [0.1, 0.15) is 17.4 Å². The van der Waals surface area contributed by atoms with Crippen LogP contribution in [0.3, 0.4) is 0 Å². The molecule has 0 saturated heterocycles. The summed E-state index contributed by atoms with van der Waals surface area (Å²) in [4.78, 5) is 0. The lowest BCUT2D eigenvalue weighted by Crippen LogP contribution is -2.31. The van der Waals surface area contributed by atoms with E-state index in [1.165, 1.54) is 0 Å². The number of aliphatic hydroxyl groups is 1. The normalized spacial score (nSPS) is 16.4.